The molecule has 2 aliphatic heterocycles. The van der Waals surface area contributed by atoms with Crippen LogP contribution in [-0.4, -0.2) is 15.8 Å². The zero-order valence-corrected chi connectivity index (χ0v) is 60.2. The monoisotopic (exact) mass is 1360 g/mol. The average molecular weight is 1360 g/mol. The predicted molar refractivity (Wildman–Crippen MR) is 424 cm³/mol. The van der Waals surface area contributed by atoms with E-state index >= 15 is 0 Å². The number of hydrogen-bond acceptors (Lipinski definition) is 2. The Morgan fingerprint density at radius 2 is 0.909 bits per heavy atom. The van der Waals surface area contributed by atoms with Crippen LogP contribution < -0.4 is 26.2 Å². The summed E-state index contributed by atoms with van der Waals surface area (Å²) in [7, 11) is 0. The van der Waals surface area contributed by atoms with Crippen molar-refractivity contribution in [2.24, 2.45) is 0 Å². The number of rotatable bonds is 7. The molecule has 99 heavy (non-hydrogen) atoms. The van der Waals surface area contributed by atoms with E-state index in [1.807, 2.05) is 24.3 Å². The molecule has 12 aromatic carbocycles. The normalized spacial score (nSPS) is 14.1. The second kappa shape index (κ2) is 23.1. The van der Waals surface area contributed by atoms with Crippen molar-refractivity contribution in [1.82, 2.24) is 9.13 Å². The molecule has 0 saturated carbocycles. The number of para-hydroxylation sites is 2. The van der Waals surface area contributed by atoms with Crippen LogP contribution in [0.3, 0.4) is 0 Å². The maximum atomic E-state index is 7.26. The standard InChI is InChI=1S/C45H35BCl2N2.C45H38Cl2N2/c1-44(2,3)27-18-21-36(32(22-27)26-12-7-6-8-13-26)49-37-23-28(47)19-20-34(37)46-35-17-11-15-31-40-43(30-14-9-10-16-33(30)45(40,4)5)50(42(31)35)39-25-29(48)24-38(49)41(39)46;1-44(2,3)30-22-23-41(38(24-30)29-14-7-6-8-15-29)48(33-17-13-16-31(46)25-33)34-26-32(47)27-35(28-34)49-40-21-12-10-19-37(40)42-43(49)36-18-9-11-20-39(36)45(42,4)5/h6-25H,1-5H3;6-28H,1-5H3. The zero-order chi connectivity index (χ0) is 68.3. The van der Waals surface area contributed by atoms with E-state index in [2.05, 4.69) is 325 Å². The van der Waals surface area contributed by atoms with Gasteiger partial charge in [0, 0.05) is 104 Å². The van der Waals surface area contributed by atoms with Crippen LogP contribution in [-0.2, 0) is 21.7 Å². The van der Waals surface area contributed by atoms with Crippen molar-refractivity contribution in [2.75, 3.05) is 9.80 Å². The first-order valence-electron chi connectivity index (χ1n) is 34.3. The van der Waals surface area contributed by atoms with Gasteiger partial charge >= 0.3 is 0 Å². The van der Waals surface area contributed by atoms with Crippen molar-refractivity contribution in [3.8, 4) is 56.1 Å². The van der Waals surface area contributed by atoms with E-state index in [1.165, 1.54) is 99.7 Å². The largest absolute Gasteiger partial charge is 0.311 e. The summed E-state index contributed by atoms with van der Waals surface area (Å²) in [6.07, 6.45) is 0. The molecule has 0 fully saturated rings. The summed E-state index contributed by atoms with van der Waals surface area (Å²) in [6, 6.07) is 93.8. The van der Waals surface area contributed by atoms with Crippen LogP contribution in [0.4, 0.5) is 34.1 Å². The van der Waals surface area contributed by atoms with E-state index in [0.29, 0.717) is 20.1 Å². The highest BCUT2D eigenvalue weighted by atomic mass is 35.5. The van der Waals surface area contributed by atoms with Gasteiger partial charge in [0.25, 0.3) is 6.71 Å². The van der Waals surface area contributed by atoms with E-state index in [1.54, 1.807) is 0 Å². The topological polar surface area (TPSA) is 16.3 Å². The Morgan fingerprint density at radius 3 is 1.59 bits per heavy atom. The molecule has 9 heteroatoms. The minimum absolute atomic E-state index is 0.0133. The summed E-state index contributed by atoms with van der Waals surface area (Å²) in [4.78, 5) is 4.71. The van der Waals surface area contributed by atoms with Gasteiger partial charge in [0.2, 0.25) is 0 Å². The van der Waals surface area contributed by atoms with Crippen LogP contribution in [0.25, 0.3) is 77.9 Å². The Kier molecular flexibility index (Phi) is 14.7. The molecule has 4 aliphatic rings. The molecule has 0 amide bonds. The molecule has 18 rings (SSSR count). The molecule has 0 unspecified atom stereocenters. The summed E-state index contributed by atoms with van der Waals surface area (Å²) in [6.45, 7) is 23.0. The lowest BCUT2D eigenvalue weighted by atomic mass is 9.34. The molecular weight excluding hydrogens is 1290 g/mol. The second-order valence-corrected chi connectivity index (χ2v) is 32.0. The maximum Gasteiger partial charge on any atom is 0.252 e. The number of halogens is 4. The SMILES string of the molecule is CC(C)(C)c1ccc(N(c2cccc(Cl)c2)c2cc(Cl)cc(-n3c4c(c5ccccc53)C(C)(C)c3ccccc3-4)c2)c(-c2ccccc2)c1.CC(C)(C)c1ccc(N2c3cc(Cl)ccc3B3c4c2cc(Cl)cc4-n2c4c(c5cccc3c52)C(C)(C)c2ccccc2-4)c(-c2ccccc2)c1. The Hall–Kier alpha value is -9.46. The van der Waals surface area contributed by atoms with E-state index in [9.17, 15) is 0 Å². The average Bonchev–Trinajstić information content (AvgIpc) is 1.57. The Balaban J connectivity index is 0.000000148. The molecule has 2 aliphatic carbocycles. The van der Waals surface area contributed by atoms with E-state index in [4.69, 9.17) is 46.4 Å². The van der Waals surface area contributed by atoms with Crippen LogP contribution in [0.15, 0.2) is 261 Å². The van der Waals surface area contributed by atoms with Gasteiger partial charge in [-0.1, -0.05) is 285 Å². The summed E-state index contributed by atoms with van der Waals surface area (Å²) in [5, 5.41) is 5.32. The predicted octanol–water partition coefficient (Wildman–Crippen LogP) is 24.5. The zero-order valence-electron chi connectivity index (χ0n) is 57.2. The van der Waals surface area contributed by atoms with Crippen molar-refractivity contribution in [3.05, 3.63) is 314 Å². The first kappa shape index (κ1) is 63.0. The first-order chi connectivity index (χ1) is 47.6. The fraction of sp³-hybridized carbons (Fsp3) is 0.156. The molecule has 4 heterocycles. The second-order valence-electron chi connectivity index (χ2n) is 30.2. The third kappa shape index (κ3) is 9.92. The van der Waals surface area contributed by atoms with Crippen LogP contribution in [0.1, 0.15) is 103 Å². The van der Waals surface area contributed by atoms with Gasteiger partial charge in [0.15, 0.2) is 0 Å². The molecule has 0 atom stereocenters. The van der Waals surface area contributed by atoms with Crippen LogP contribution in [0, 0.1) is 0 Å². The van der Waals surface area contributed by atoms with Gasteiger partial charge in [-0.25, -0.2) is 0 Å². The minimum Gasteiger partial charge on any atom is -0.311 e. The lowest BCUT2D eigenvalue weighted by Gasteiger charge is -2.41. The third-order valence-electron chi connectivity index (χ3n) is 21.4. The van der Waals surface area contributed by atoms with E-state index in [0.717, 1.165) is 62.1 Å². The molecular formula is C90H73BCl4N4. The van der Waals surface area contributed by atoms with Gasteiger partial charge in [-0.2, -0.15) is 0 Å². The van der Waals surface area contributed by atoms with Gasteiger partial charge in [0.05, 0.1) is 28.3 Å². The number of fused-ring (bicyclic) bond motifs is 14. The number of aromatic nitrogens is 2. The summed E-state index contributed by atoms with van der Waals surface area (Å²) >= 11 is 28.0. The number of anilines is 6. The minimum atomic E-state index is -0.148. The van der Waals surface area contributed by atoms with Gasteiger partial charge in [-0.15, -0.1) is 0 Å². The molecule has 0 saturated heterocycles. The highest BCUT2D eigenvalue weighted by Gasteiger charge is 2.48. The maximum absolute atomic E-state index is 7.26. The molecule has 484 valence electrons. The Morgan fingerprint density at radius 1 is 0.374 bits per heavy atom. The summed E-state index contributed by atoms with van der Waals surface area (Å²) < 4.78 is 4.94. The summed E-state index contributed by atoms with van der Waals surface area (Å²) in [5.41, 5.74) is 32.0. The van der Waals surface area contributed by atoms with Crippen molar-refractivity contribution in [3.63, 3.8) is 0 Å². The fourth-order valence-electron chi connectivity index (χ4n) is 16.9. The molecule has 0 radical (unpaired) electrons. The molecule has 0 spiro atoms. The number of nitrogens with zero attached hydrogens (tertiary/aromatic N) is 4. The van der Waals surface area contributed by atoms with Gasteiger partial charge in [-0.3, -0.25) is 0 Å². The van der Waals surface area contributed by atoms with Crippen LogP contribution in [0.5, 0.6) is 0 Å². The number of hydrogen-bond donors (Lipinski definition) is 0. The highest BCUT2D eigenvalue weighted by molar-refractivity contribution is 7.00. The third-order valence-corrected chi connectivity index (χ3v) is 22.3. The molecule has 0 N–H and O–H groups in total. The Bertz CT molecular complexity index is 5670. The molecule has 14 aromatic rings. The van der Waals surface area contributed by atoms with Gasteiger partial charge in [0.1, 0.15) is 0 Å². The fourth-order valence-corrected chi connectivity index (χ4v) is 17.7. The highest BCUT2D eigenvalue weighted by Crippen LogP contribution is 2.57. The number of benzene rings is 12. The van der Waals surface area contributed by atoms with Gasteiger partial charge < -0.3 is 18.9 Å². The van der Waals surface area contributed by atoms with Crippen molar-refractivity contribution in [2.45, 2.75) is 90.9 Å². The van der Waals surface area contributed by atoms with Crippen LogP contribution in [0.2, 0.25) is 20.1 Å². The van der Waals surface area contributed by atoms with Crippen molar-refractivity contribution >= 4 is 125 Å². The van der Waals surface area contributed by atoms with Crippen molar-refractivity contribution < 1.29 is 0 Å². The molecule has 0 bridgehead atoms. The van der Waals surface area contributed by atoms with E-state index in [-0.39, 0.29) is 28.4 Å². The quantitative estimate of drug-likeness (QED) is 0.148. The lowest BCUT2D eigenvalue weighted by molar-refractivity contribution is 0.590. The molecule has 2 aromatic heterocycles. The van der Waals surface area contributed by atoms with E-state index < -0.39 is 0 Å². The Labute approximate surface area is 601 Å². The van der Waals surface area contributed by atoms with Crippen LogP contribution >= 0.6 is 46.4 Å². The first-order valence-corrected chi connectivity index (χ1v) is 35.8. The van der Waals surface area contributed by atoms with Gasteiger partial charge in [-0.05, 0) is 163 Å². The summed E-state index contributed by atoms with van der Waals surface area (Å²) in [5.74, 6) is 0. The molecule has 4 nitrogen and oxygen atoms in total. The lowest BCUT2D eigenvalue weighted by Crippen LogP contribution is -2.60. The smallest absolute Gasteiger partial charge is 0.252 e. The van der Waals surface area contributed by atoms with Crippen molar-refractivity contribution in [1.29, 1.82) is 0 Å².